The van der Waals surface area contributed by atoms with E-state index in [-0.39, 0.29) is 12.5 Å². The molecule has 1 amide bonds. The fourth-order valence-corrected chi connectivity index (χ4v) is 2.86. The maximum Gasteiger partial charge on any atom is 0.223 e. The highest BCUT2D eigenvalue weighted by atomic mass is 32.2. The minimum atomic E-state index is 0.0758. The summed E-state index contributed by atoms with van der Waals surface area (Å²) in [4.78, 5) is 15.0. The van der Waals surface area contributed by atoms with Crippen molar-refractivity contribution in [1.82, 2.24) is 10.2 Å². The highest BCUT2D eigenvalue weighted by molar-refractivity contribution is 7.99. The molecule has 1 aliphatic rings. The van der Waals surface area contributed by atoms with E-state index in [1.807, 2.05) is 29.2 Å². The maximum atomic E-state index is 11.9. The summed E-state index contributed by atoms with van der Waals surface area (Å²) < 4.78 is 0. The van der Waals surface area contributed by atoms with E-state index in [0.717, 1.165) is 42.4 Å². The van der Waals surface area contributed by atoms with Crippen LogP contribution in [0.2, 0.25) is 0 Å². The number of hydrogen-bond donors (Lipinski definition) is 2. The van der Waals surface area contributed by atoms with Crippen molar-refractivity contribution in [3.05, 3.63) is 29.8 Å². The third-order valence-electron chi connectivity index (χ3n) is 3.16. The summed E-state index contributed by atoms with van der Waals surface area (Å²) in [7, 11) is 0. The monoisotopic (exact) mass is 280 g/mol. The van der Waals surface area contributed by atoms with Gasteiger partial charge in [-0.25, -0.2) is 0 Å². The van der Waals surface area contributed by atoms with Gasteiger partial charge in [0.05, 0.1) is 6.61 Å². The molecule has 1 heterocycles. The van der Waals surface area contributed by atoms with Gasteiger partial charge in [-0.3, -0.25) is 4.79 Å². The summed E-state index contributed by atoms with van der Waals surface area (Å²) in [5.41, 5.74) is 0.918. The molecule has 0 unspecified atom stereocenters. The molecule has 5 heteroatoms. The Labute approximate surface area is 118 Å². The van der Waals surface area contributed by atoms with Gasteiger partial charge < -0.3 is 15.3 Å². The first-order valence-electron chi connectivity index (χ1n) is 6.60. The van der Waals surface area contributed by atoms with Crippen LogP contribution in [0.5, 0.6) is 0 Å². The normalized spacial score (nSPS) is 15.5. The van der Waals surface area contributed by atoms with Gasteiger partial charge in [-0.15, -0.1) is 11.8 Å². The fourth-order valence-electron chi connectivity index (χ4n) is 2.02. The van der Waals surface area contributed by atoms with Gasteiger partial charge in [-0.05, 0) is 17.7 Å². The molecule has 0 spiro atoms. The lowest BCUT2D eigenvalue weighted by molar-refractivity contribution is -0.131. The van der Waals surface area contributed by atoms with E-state index in [9.17, 15) is 4.79 Å². The number of nitrogens with one attached hydrogen (secondary N) is 1. The molecule has 1 aromatic rings. The van der Waals surface area contributed by atoms with E-state index in [0.29, 0.717) is 6.42 Å². The first-order valence-corrected chi connectivity index (χ1v) is 7.59. The van der Waals surface area contributed by atoms with Gasteiger partial charge in [0.15, 0.2) is 0 Å². The van der Waals surface area contributed by atoms with E-state index in [1.54, 1.807) is 11.8 Å². The Morgan fingerprint density at radius 2 is 1.95 bits per heavy atom. The number of hydrogen-bond acceptors (Lipinski definition) is 4. The van der Waals surface area contributed by atoms with Gasteiger partial charge in [0, 0.05) is 43.2 Å². The number of carbonyl (C=O) groups excluding carboxylic acids is 1. The van der Waals surface area contributed by atoms with Gasteiger partial charge >= 0.3 is 0 Å². The zero-order chi connectivity index (χ0) is 13.5. The third-order valence-corrected chi connectivity index (χ3v) is 4.17. The van der Waals surface area contributed by atoms with Crippen molar-refractivity contribution in [3.8, 4) is 0 Å². The molecule has 0 atom stereocenters. The summed E-state index contributed by atoms with van der Waals surface area (Å²) in [5, 5.41) is 12.2. The summed E-state index contributed by atoms with van der Waals surface area (Å²) in [6.45, 7) is 3.54. The van der Waals surface area contributed by atoms with Crippen molar-refractivity contribution >= 4 is 17.7 Å². The molecule has 2 N–H and O–H groups in total. The number of carbonyl (C=O) groups is 1. The number of amides is 1. The van der Waals surface area contributed by atoms with Crippen molar-refractivity contribution in [3.63, 3.8) is 0 Å². The summed E-state index contributed by atoms with van der Waals surface area (Å²) in [5.74, 6) is 1.06. The highest BCUT2D eigenvalue weighted by Crippen LogP contribution is 2.19. The summed E-state index contributed by atoms with van der Waals surface area (Å²) >= 11 is 1.69. The molecule has 19 heavy (non-hydrogen) atoms. The van der Waals surface area contributed by atoms with Gasteiger partial charge in [-0.2, -0.15) is 0 Å². The Balaban J connectivity index is 1.71. The molecule has 0 aromatic heterocycles. The quantitative estimate of drug-likeness (QED) is 0.793. The molecule has 4 nitrogen and oxygen atoms in total. The number of aliphatic hydroxyl groups excluding tert-OH is 1. The molecular formula is C14H20N2O2S. The Bertz CT molecular complexity index is 402. The molecule has 1 saturated heterocycles. The number of thioether (sulfide) groups is 1. The van der Waals surface area contributed by atoms with E-state index in [1.165, 1.54) is 0 Å². The second-order valence-electron chi connectivity index (χ2n) is 4.53. The van der Waals surface area contributed by atoms with E-state index in [4.69, 9.17) is 5.11 Å². The number of piperazine rings is 1. The average Bonchev–Trinajstić information content (AvgIpc) is 2.49. The Morgan fingerprint density at radius 1 is 1.26 bits per heavy atom. The molecule has 104 valence electrons. The Morgan fingerprint density at radius 3 is 2.58 bits per heavy atom. The molecule has 1 aliphatic heterocycles. The van der Waals surface area contributed by atoms with Crippen LogP contribution in [0.1, 0.15) is 12.0 Å². The predicted molar refractivity (Wildman–Crippen MR) is 77.2 cm³/mol. The maximum absolute atomic E-state index is 11.9. The molecule has 0 aliphatic carbocycles. The lowest BCUT2D eigenvalue weighted by Gasteiger charge is -2.27. The van der Waals surface area contributed by atoms with Crippen LogP contribution in [0.4, 0.5) is 0 Å². The van der Waals surface area contributed by atoms with Crippen LogP contribution in [0.3, 0.4) is 0 Å². The third kappa shape index (κ3) is 4.53. The van der Waals surface area contributed by atoms with Crippen LogP contribution >= 0.6 is 11.8 Å². The topological polar surface area (TPSA) is 52.6 Å². The van der Waals surface area contributed by atoms with Crippen LogP contribution in [-0.2, 0) is 11.4 Å². The highest BCUT2D eigenvalue weighted by Gasteiger charge is 2.15. The average molecular weight is 280 g/mol. The zero-order valence-corrected chi connectivity index (χ0v) is 11.8. The summed E-state index contributed by atoms with van der Waals surface area (Å²) in [6.07, 6.45) is 0.590. The molecule has 0 saturated carbocycles. The van der Waals surface area contributed by atoms with Crippen LogP contribution in [0.25, 0.3) is 0 Å². The Kier molecular flexibility index (Phi) is 5.69. The smallest absolute Gasteiger partial charge is 0.223 e. The van der Waals surface area contributed by atoms with Gasteiger partial charge in [0.1, 0.15) is 0 Å². The predicted octanol–water partition coefficient (Wildman–Crippen LogP) is 1.09. The zero-order valence-electron chi connectivity index (χ0n) is 11.0. The first kappa shape index (κ1) is 14.4. The largest absolute Gasteiger partial charge is 0.392 e. The van der Waals surface area contributed by atoms with Crippen LogP contribution in [0, 0.1) is 0 Å². The van der Waals surface area contributed by atoms with Crippen LogP contribution in [0.15, 0.2) is 29.2 Å². The SMILES string of the molecule is O=C(CCSc1ccc(CO)cc1)N1CCNCC1. The van der Waals surface area contributed by atoms with Crippen molar-refractivity contribution in [1.29, 1.82) is 0 Å². The van der Waals surface area contributed by atoms with E-state index >= 15 is 0 Å². The number of nitrogens with zero attached hydrogens (tertiary/aromatic N) is 1. The second-order valence-corrected chi connectivity index (χ2v) is 5.70. The first-order chi connectivity index (χ1) is 9.29. The summed E-state index contributed by atoms with van der Waals surface area (Å²) in [6, 6.07) is 7.82. The Hall–Kier alpha value is -1.04. The molecule has 1 fully saturated rings. The van der Waals surface area contributed by atoms with Crippen molar-refractivity contribution in [2.45, 2.75) is 17.9 Å². The van der Waals surface area contributed by atoms with Crippen molar-refractivity contribution < 1.29 is 9.90 Å². The van der Waals surface area contributed by atoms with Gasteiger partial charge in [0.25, 0.3) is 0 Å². The van der Waals surface area contributed by atoms with Crippen LogP contribution in [-0.4, -0.2) is 47.8 Å². The van der Waals surface area contributed by atoms with Gasteiger partial charge in [0.2, 0.25) is 5.91 Å². The molecule has 0 bridgehead atoms. The lowest BCUT2D eigenvalue weighted by atomic mass is 10.2. The molecule has 0 radical (unpaired) electrons. The minimum absolute atomic E-state index is 0.0758. The number of benzene rings is 1. The molecular weight excluding hydrogens is 260 g/mol. The van der Waals surface area contributed by atoms with Crippen molar-refractivity contribution in [2.24, 2.45) is 0 Å². The standard InChI is InChI=1S/C14H20N2O2S/c17-11-12-1-3-13(4-2-12)19-10-5-14(18)16-8-6-15-7-9-16/h1-4,15,17H,5-11H2. The molecule has 2 rings (SSSR count). The molecule has 1 aromatic carbocycles. The van der Waals surface area contributed by atoms with E-state index in [2.05, 4.69) is 5.32 Å². The minimum Gasteiger partial charge on any atom is -0.392 e. The second kappa shape index (κ2) is 7.53. The number of rotatable bonds is 5. The van der Waals surface area contributed by atoms with E-state index < -0.39 is 0 Å². The van der Waals surface area contributed by atoms with Gasteiger partial charge in [-0.1, -0.05) is 12.1 Å². The lowest BCUT2D eigenvalue weighted by Crippen LogP contribution is -2.46. The fraction of sp³-hybridized carbons (Fsp3) is 0.500. The van der Waals surface area contributed by atoms with Crippen molar-refractivity contribution in [2.75, 3.05) is 31.9 Å². The van der Waals surface area contributed by atoms with Crippen LogP contribution < -0.4 is 5.32 Å². The number of aliphatic hydroxyl groups is 1.